The fraction of sp³-hybridized carbons (Fsp3) is 0.588. The van der Waals surface area contributed by atoms with Crippen LogP contribution < -0.4 is 10.6 Å². The van der Waals surface area contributed by atoms with Crippen molar-refractivity contribution < 1.29 is 4.79 Å². The van der Waals surface area contributed by atoms with Gasteiger partial charge in [-0.1, -0.05) is 37.6 Å². The number of carbonyl (C=O) groups excluding carboxylic acids is 1. The van der Waals surface area contributed by atoms with E-state index in [1.165, 1.54) is 5.56 Å². The number of thioether (sulfide) groups is 1. The number of nitrogens with one attached hydrogen (secondary N) is 2. The second kappa shape index (κ2) is 9.77. The molecule has 0 aromatic heterocycles. The van der Waals surface area contributed by atoms with Crippen LogP contribution in [0, 0.1) is 5.41 Å². The summed E-state index contributed by atoms with van der Waals surface area (Å²) in [6.45, 7) is 6.02. The summed E-state index contributed by atoms with van der Waals surface area (Å²) in [6.07, 6.45) is 1.46. The van der Waals surface area contributed by atoms with Crippen LogP contribution in [0.5, 0.6) is 0 Å². The lowest BCUT2D eigenvalue weighted by atomic mass is 9.85. The van der Waals surface area contributed by atoms with Crippen LogP contribution in [0.1, 0.15) is 25.8 Å². The van der Waals surface area contributed by atoms with E-state index < -0.39 is 0 Å². The molecule has 3 nitrogen and oxygen atoms in total. The molecule has 1 aliphatic rings. The molecule has 1 unspecified atom stereocenters. The summed E-state index contributed by atoms with van der Waals surface area (Å²) < 4.78 is 0. The number of benzene rings is 1. The lowest BCUT2D eigenvalue weighted by molar-refractivity contribution is -0.121. The Balaban J connectivity index is 0.00000264. The minimum absolute atomic E-state index is 0. The second-order valence-corrected chi connectivity index (χ2v) is 8.26. The summed E-state index contributed by atoms with van der Waals surface area (Å²) in [5.41, 5.74) is 1.21. The van der Waals surface area contributed by atoms with Crippen LogP contribution in [0.25, 0.3) is 0 Å². The van der Waals surface area contributed by atoms with Crippen molar-refractivity contribution in [2.24, 2.45) is 5.41 Å². The van der Waals surface area contributed by atoms with Crippen LogP contribution in [0.15, 0.2) is 24.3 Å². The first kappa shape index (κ1) is 20.6. The van der Waals surface area contributed by atoms with Crippen molar-refractivity contribution >= 4 is 41.7 Å². The summed E-state index contributed by atoms with van der Waals surface area (Å²) in [5.74, 6) is 2.31. The molecule has 1 saturated heterocycles. The normalized spacial score (nSPS) is 18.1. The number of halogens is 2. The Hall–Kier alpha value is -0.420. The molecule has 0 spiro atoms. The molecular weight excluding hydrogens is 351 g/mol. The van der Waals surface area contributed by atoms with E-state index in [0.29, 0.717) is 19.0 Å². The maximum Gasteiger partial charge on any atom is 0.221 e. The lowest BCUT2D eigenvalue weighted by Gasteiger charge is -2.27. The Morgan fingerprint density at radius 2 is 2.26 bits per heavy atom. The molecule has 23 heavy (non-hydrogen) atoms. The first-order valence-electron chi connectivity index (χ1n) is 7.77. The van der Waals surface area contributed by atoms with Gasteiger partial charge in [-0.25, -0.2) is 0 Å². The third-order valence-corrected chi connectivity index (χ3v) is 5.13. The lowest BCUT2D eigenvalue weighted by Crippen LogP contribution is -2.43. The maximum absolute atomic E-state index is 12.1. The third-order valence-electron chi connectivity index (χ3n) is 3.77. The molecule has 6 heteroatoms. The standard InChI is InChI=1S/C17H25ClN2OS.ClH/c1-17(2,10-13-4-3-5-14(18)8-13)12-20-16(21)9-15-11-22-7-6-19-15;/h3-5,8,15,19H,6-7,9-12H2,1-2H3,(H,20,21);1H. The Bertz CT molecular complexity index is 505. The van der Waals surface area contributed by atoms with Gasteiger partial charge >= 0.3 is 0 Å². The maximum atomic E-state index is 12.1. The zero-order valence-electron chi connectivity index (χ0n) is 13.7. The minimum Gasteiger partial charge on any atom is -0.356 e. The van der Waals surface area contributed by atoms with E-state index in [2.05, 4.69) is 30.5 Å². The van der Waals surface area contributed by atoms with Crippen molar-refractivity contribution in [1.82, 2.24) is 10.6 Å². The number of hydrogen-bond acceptors (Lipinski definition) is 3. The molecule has 1 heterocycles. The first-order chi connectivity index (χ1) is 10.4. The van der Waals surface area contributed by atoms with E-state index in [4.69, 9.17) is 11.6 Å². The first-order valence-corrected chi connectivity index (χ1v) is 9.30. The summed E-state index contributed by atoms with van der Waals surface area (Å²) in [7, 11) is 0. The average Bonchev–Trinajstić information content (AvgIpc) is 2.46. The van der Waals surface area contributed by atoms with Gasteiger partial charge in [0.1, 0.15) is 0 Å². The van der Waals surface area contributed by atoms with Gasteiger partial charge in [0.15, 0.2) is 0 Å². The second-order valence-electron chi connectivity index (χ2n) is 6.68. The molecule has 0 aliphatic carbocycles. The Kier molecular flexibility index (Phi) is 8.76. The smallest absolute Gasteiger partial charge is 0.221 e. The summed E-state index contributed by atoms with van der Waals surface area (Å²) in [5, 5.41) is 7.24. The van der Waals surface area contributed by atoms with Gasteiger partial charge in [0, 0.05) is 42.1 Å². The fourth-order valence-electron chi connectivity index (χ4n) is 2.65. The number of carbonyl (C=O) groups is 1. The van der Waals surface area contributed by atoms with Gasteiger partial charge in [-0.05, 0) is 29.5 Å². The molecular formula is C17H26Cl2N2OS. The molecule has 1 atom stereocenters. The van der Waals surface area contributed by atoms with E-state index in [9.17, 15) is 4.79 Å². The molecule has 0 radical (unpaired) electrons. The fourth-order valence-corrected chi connectivity index (χ4v) is 3.81. The van der Waals surface area contributed by atoms with E-state index >= 15 is 0 Å². The van der Waals surface area contributed by atoms with Crippen LogP contribution in [-0.2, 0) is 11.2 Å². The van der Waals surface area contributed by atoms with Crippen molar-refractivity contribution in [3.63, 3.8) is 0 Å². The van der Waals surface area contributed by atoms with Crippen LogP contribution in [-0.4, -0.2) is 36.5 Å². The molecule has 0 bridgehead atoms. The monoisotopic (exact) mass is 376 g/mol. The number of amides is 1. The van der Waals surface area contributed by atoms with Crippen molar-refractivity contribution in [3.05, 3.63) is 34.9 Å². The van der Waals surface area contributed by atoms with Gasteiger partial charge < -0.3 is 10.6 Å². The van der Waals surface area contributed by atoms with Crippen molar-refractivity contribution in [2.75, 3.05) is 24.6 Å². The minimum atomic E-state index is 0. The van der Waals surface area contributed by atoms with Crippen LogP contribution in [0.4, 0.5) is 0 Å². The van der Waals surface area contributed by atoms with Crippen molar-refractivity contribution in [3.8, 4) is 0 Å². The van der Waals surface area contributed by atoms with Gasteiger partial charge in [0.25, 0.3) is 0 Å². The van der Waals surface area contributed by atoms with Crippen LogP contribution in [0.2, 0.25) is 5.02 Å². The number of rotatable bonds is 6. The van der Waals surface area contributed by atoms with Gasteiger partial charge in [0.05, 0.1) is 0 Å². The number of hydrogen-bond donors (Lipinski definition) is 2. The molecule has 1 amide bonds. The van der Waals surface area contributed by atoms with Gasteiger partial charge in [-0.2, -0.15) is 11.8 Å². The van der Waals surface area contributed by atoms with E-state index in [-0.39, 0.29) is 23.7 Å². The topological polar surface area (TPSA) is 41.1 Å². The van der Waals surface area contributed by atoms with Crippen molar-refractivity contribution in [1.29, 1.82) is 0 Å². The Morgan fingerprint density at radius 1 is 1.48 bits per heavy atom. The third kappa shape index (κ3) is 7.79. The largest absolute Gasteiger partial charge is 0.356 e. The predicted molar refractivity (Wildman–Crippen MR) is 103 cm³/mol. The molecule has 1 aromatic rings. The zero-order chi connectivity index (χ0) is 16.0. The summed E-state index contributed by atoms with van der Waals surface area (Å²) >= 11 is 7.95. The van der Waals surface area contributed by atoms with E-state index in [0.717, 1.165) is 29.5 Å². The van der Waals surface area contributed by atoms with Gasteiger partial charge in [0.2, 0.25) is 5.91 Å². The van der Waals surface area contributed by atoms with Gasteiger partial charge in [-0.15, -0.1) is 12.4 Å². The highest BCUT2D eigenvalue weighted by atomic mass is 35.5. The van der Waals surface area contributed by atoms with Gasteiger partial charge in [-0.3, -0.25) is 4.79 Å². The predicted octanol–water partition coefficient (Wildman–Crippen LogP) is 3.54. The highest BCUT2D eigenvalue weighted by Crippen LogP contribution is 2.23. The molecule has 1 aromatic carbocycles. The SMILES string of the molecule is CC(C)(CNC(=O)CC1CSCCN1)Cc1cccc(Cl)c1.Cl. The summed E-state index contributed by atoms with van der Waals surface area (Å²) in [4.78, 5) is 12.1. The molecule has 0 saturated carbocycles. The van der Waals surface area contributed by atoms with E-state index in [1.807, 2.05) is 30.0 Å². The van der Waals surface area contributed by atoms with Crippen molar-refractivity contribution in [2.45, 2.75) is 32.7 Å². The molecule has 130 valence electrons. The van der Waals surface area contributed by atoms with Crippen LogP contribution in [0.3, 0.4) is 0 Å². The highest BCUT2D eigenvalue weighted by molar-refractivity contribution is 7.99. The quantitative estimate of drug-likeness (QED) is 0.797. The van der Waals surface area contributed by atoms with Crippen LogP contribution >= 0.6 is 35.8 Å². The molecule has 2 N–H and O–H groups in total. The average molecular weight is 377 g/mol. The molecule has 1 aliphatic heterocycles. The Morgan fingerprint density at radius 3 is 2.91 bits per heavy atom. The summed E-state index contributed by atoms with van der Waals surface area (Å²) in [6, 6.07) is 8.25. The Labute approximate surface area is 154 Å². The highest BCUT2D eigenvalue weighted by Gasteiger charge is 2.21. The zero-order valence-corrected chi connectivity index (χ0v) is 16.1. The molecule has 1 fully saturated rings. The van der Waals surface area contributed by atoms with E-state index in [1.54, 1.807) is 0 Å². The molecule has 2 rings (SSSR count).